The zero-order chi connectivity index (χ0) is 7.61. The van der Waals surface area contributed by atoms with Crippen molar-refractivity contribution in [1.82, 2.24) is 0 Å². The summed E-state index contributed by atoms with van der Waals surface area (Å²) in [4.78, 5) is 0. The van der Waals surface area contributed by atoms with E-state index in [1.807, 2.05) is 19.1 Å². The molecule has 1 nitrogen and oxygen atoms in total. The van der Waals surface area contributed by atoms with Gasteiger partial charge in [-0.1, -0.05) is 31.2 Å². The van der Waals surface area contributed by atoms with Gasteiger partial charge in [0.05, 0.1) is 5.38 Å². The molecule has 1 unspecified atom stereocenters. The third kappa shape index (κ3) is 1.25. The van der Waals surface area contributed by atoms with Gasteiger partial charge in [0.15, 0.2) is 0 Å². The van der Waals surface area contributed by atoms with E-state index in [-0.39, 0.29) is 5.38 Å². The quantitative estimate of drug-likeness (QED) is 0.578. The minimum Gasteiger partial charge on any atom is -0.384 e. The van der Waals surface area contributed by atoms with E-state index in [2.05, 4.69) is 0 Å². The highest BCUT2D eigenvalue weighted by Crippen LogP contribution is 2.25. The molecule has 56 valence electrons. The first-order valence-electron chi connectivity index (χ1n) is 3.41. The lowest BCUT2D eigenvalue weighted by Gasteiger charge is -2.27. The molecule has 0 saturated heterocycles. The van der Waals surface area contributed by atoms with E-state index in [0.717, 1.165) is 0 Å². The van der Waals surface area contributed by atoms with E-state index in [0.29, 0.717) is 6.42 Å². The molecule has 0 radical (unpaired) electrons. The second-order valence-electron chi connectivity index (χ2n) is 2.49. The van der Waals surface area contributed by atoms with Crippen LogP contribution < -0.4 is 0 Å². The van der Waals surface area contributed by atoms with Gasteiger partial charge in [0.2, 0.25) is 0 Å². The summed E-state index contributed by atoms with van der Waals surface area (Å²) in [6.07, 6.45) is 7.86. The summed E-state index contributed by atoms with van der Waals surface area (Å²) >= 11 is 5.84. The molecule has 0 amide bonds. The Kier molecular flexibility index (Phi) is 2.17. The molecule has 10 heavy (non-hydrogen) atoms. The van der Waals surface area contributed by atoms with Crippen LogP contribution in [0.5, 0.6) is 0 Å². The third-order valence-corrected chi connectivity index (χ3v) is 2.34. The fourth-order valence-electron chi connectivity index (χ4n) is 0.955. The largest absolute Gasteiger partial charge is 0.384 e. The summed E-state index contributed by atoms with van der Waals surface area (Å²) in [6.45, 7) is 1.92. The van der Waals surface area contributed by atoms with Crippen LogP contribution in [0.2, 0.25) is 0 Å². The van der Waals surface area contributed by atoms with Crippen molar-refractivity contribution in [2.24, 2.45) is 0 Å². The van der Waals surface area contributed by atoms with E-state index in [4.69, 9.17) is 11.6 Å². The van der Waals surface area contributed by atoms with Crippen molar-refractivity contribution in [2.45, 2.75) is 24.3 Å². The maximum absolute atomic E-state index is 9.68. The van der Waals surface area contributed by atoms with Crippen molar-refractivity contribution in [3.05, 3.63) is 24.3 Å². The van der Waals surface area contributed by atoms with Crippen molar-refractivity contribution in [3.8, 4) is 0 Å². The van der Waals surface area contributed by atoms with Crippen molar-refractivity contribution in [3.63, 3.8) is 0 Å². The van der Waals surface area contributed by atoms with Gasteiger partial charge < -0.3 is 5.11 Å². The molecule has 0 fully saturated rings. The van der Waals surface area contributed by atoms with Crippen LogP contribution in [0.15, 0.2) is 24.3 Å². The predicted molar refractivity (Wildman–Crippen MR) is 43.2 cm³/mol. The Balaban J connectivity index is 2.77. The maximum Gasteiger partial charge on any atom is 0.103 e. The van der Waals surface area contributed by atoms with Gasteiger partial charge in [0.25, 0.3) is 0 Å². The smallest absolute Gasteiger partial charge is 0.103 e. The highest BCUT2D eigenvalue weighted by atomic mass is 35.5. The summed E-state index contributed by atoms with van der Waals surface area (Å²) in [5.74, 6) is 0. The minimum absolute atomic E-state index is 0.275. The number of hydrogen-bond acceptors (Lipinski definition) is 1. The third-order valence-electron chi connectivity index (χ3n) is 1.82. The zero-order valence-electron chi connectivity index (χ0n) is 5.92. The zero-order valence-corrected chi connectivity index (χ0v) is 6.67. The Hall–Kier alpha value is -0.270. The molecular weight excluding hydrogens is 148 g/mol. The van der Waals surface area contributed by atoms with Gasteiger partial charge in [0, 0.05) is 0 Å². The summed E-state index contributed by atoms with van der Waals surface area (Å²) in [7, 11) is 0. The molecule has 1 aliphatic rings. The number of allylic oxidation sites excluding steroid dienone is 2. The molecule has 0 spiro atoms. The molecular formula is C8H11ClO. The number of halogens is 1. The molecule has 1 N–H and O–H groups in total. The monoisotopic (exact) mass is 158 g/mol. The van der Waals surface area contributed by atoms with Crippen LogP contribution in [0.3, 0.4) is 0 Å². The van der Waals surface area contributed by atoms with Gasteiger partial charge in [0.1, 0.15) is 5.60 Å². The summed E-state index contributed by atoms with van der Waals surface area (Å²) in [6, 6.07) is 0. The highest BCUT2D eigenvalue weighted by Gasteiger charge is 2.29. The average molecular weight is 159 g/mol. The molecule has 1 aliphatic carbocycles. The highest BCUT2D eigenvalue weighted by molar-refractivity contribution is 6.22. The van der Waals surface area contributed by atoms with E-state index in [1.165, 1.54) is 0 Å². The van der Waals surface area contributed by atoms with E-state index in [1.54, 1.807) is 12.2 Å². The number of alkyl halides is 1. The SMILES string of the molecule is CC[C@]1(O)C=CC=CC1Cl. The molecule has 2 atom stereocenters. The Labute approximate surface area is 66.0 Å². The molecule has 0 bridgehead atoms. The van der Waals surface area contributed by atoms with Gasteiger partial charge in [-0.25, -0.2) is 0 Å². The first-order valence-corrected chi connectivity index (χ1v) is 3.85. The fraction of sp³-hybridized carbons (Fsp3) is 0.500. The van der Waals surface area contributed by atoms with Gasteiger partial charge >= 0.3 is 0 Å². The van der Waals surface area contributed by atoms with Crippen LogP contribution in [0.4, 0.5) is 0 Å². The normalized spacial score (nSPS) is 38.5. The fourth-order valence-corrected chi connectivity index (χ4v) is 1.27. The van der Waals surface area contributed by atoms with Crippen LogP contribution in [0.25, 0.3) is 0 Å². The summed E-state index contributed by atoms with van der Waals surface area (Å²) in [5.41, 5.74) is -0.823. The predicted octanol–water partition coefficient (Wildman–Crippen LogP) is 1.86. The lowest BCUT2D eigenvalue weighted by molar-refractivity contribution is 0.0923. The molecule has 0 aliphatic heterocycles. The van der Waals surface area contributed by atoms with Gasteiger partial charge in [-0.3, -0.25) is 0 Å². The Morgan fingerprint density at radius 2 is 2.30 bits per heavy atom. The lowest BCUT2D eigenvalue weighted by Crippen LogP contribution is -2.35. The van der Waals surface area contributed by atoms with Gasteiger partial charge in [-0.2, -0.15) is 0 Å². The minimum atomic E-state index is -0.823. The van der Waals surface area contributed by atoms with Crippen molar-refractivity contribution < 1.29 is 5.11 Å². The van der Waals surface area contributed by atoms with Crippen LogP contribution in [0, 0.1) is 0 Å². The Morgan fingerprint density at radius 3 is 2.70 bits per heavy atom. The standard InChI is InChI=1S/C8H11ClO/c1-2-8(10)6-4-3-5-7(8)9/h3-7,10H,2H2,1H3/t7?,8-/m0/s1. The summed E-state index contributed by atoms with van der Waals surface area (Å²) < 4.78 is 0. The van der Waals surface area contributed by atoms with Crippen LogP contribution >= 0.6 is 11.6 Å². The van der Waals surface area contributed by atoms with Crippen LogP contribution in [-0.4, -0.2) is 16.1 Å². The van der Waals surface area contributed by atoms with Crippen molar-refractivity contribution in [2.75, 3.05) is 0 Å². The van der Waals surface area contributed by atoms with Crippen LogP contribution in [-0.2, 0) is 0 Å². The lowest BCUT2D eigenvalue weighted by atomic mass is 9.92. The van der Waals surface area contributed by atoms with Crippen molar-refractivity contribution in [1.29, 1.82) is 0 Å². The number of rotatable bonds is 1. The van der Waals surface area contributed by atoms with Gasteiger partial charge in [-0.05, 0) is 6.42 Å². The van der Waals surface area contributed by atoms with Gasteiger partial charge in [-0.15, -0.1) is 11.6 Å². The number of hydrogen-bond donors (Lipinski definition) is 1. The molecule has 0 aromatic carbocycles. The second kappa shape index (κ2) is 2.77. The van der Waals surface area contributed by atoms with E-state index < -0.39 is 5.60 Å². The molecule has 0 heterocycles. The molecule has 0 aromatic heterocycles. The average Bonchev–Trinajstić information content (AvgIpc) is 1.96. The topological polar surface area (TPSA) is 20.2 Å². The summed E-state index contributed by atoms with van der Waals surface area (Å²) in [5, 5.41) is 9.40. The molecule has 0 aromatic rings. The van der Waals surface area contributed by atoms with Crippen LogP contribution in [0.1, 0.15) is 13.3 Å². The Morgan fingerprint density at radius 1 is 1.60 bits per heavy atom. The first kappa shape index (κ1) is 7.83. The maximum atomic E-state index is 9.68. The second-order valence-corrected chi connectivity index (χ2v) is 2.96. The molecule has 2 heteroatoms. The molecule has 0 saturated carbocycles. The van der Waals surface area contributed by atoms with E-state index in [9.17, 15) is 5.11 Å². The van der Waals surface area contributed by atoms with Crippen molar-refractivity contribution >= 4 is 11.6 Å². The Bertz CT molecular complexity index is 174. The first-order chi connectivity index (χ1) is 4.69. The van der Waals surface area contributed by atoms with E-state index >= 15 is 0 Å². The molecule has 1 rings (SSSR count). The number of aliphatic hydroxyl groups is 1.